The third kappa shape index (κ3) is 3.83. The van der Waals surface area contributed by atoms with Crippen molar-refractivity contribution in [3.05, 3.63) is 24.5 Å². The van der Waals surface area contributed by atoms with E-state index in [4.69, 9.17) is 4.98 Å². The lowest BCUT2D eigenvalue weighted by Gasteiger charge is -2.34. The van der Waals surface area contributed by atoms with E-state index >= 15 is 0 Å². The third-order valence-corrected chi connectivity index (χ3v) is 6.10. The van der Waals surface area contributed by atoms with Crippen molar-refractivity contribution >= 4 is 34.9 Å². The molecule has 8 nitrogen and oxygen atoms in total. The second kappa shape index (κ2) is 7.85. The number of anilines is 5. The van der Waals surface area contributed by atoms with Crippen LogP contribution in [0.25, 0.3) is 0 Å². The van der Waals surface area contributed by atoms with Crippen molar-refractivity contribution in [2.24, 2.45) is 0 Å². The van der Waals surface area contributed by atoms with Gasteiger partial charge in [-0.15, -0.1) is 0 Å². The first-order valence-corrected chi connectivity index (χ1v) is 10.7. The summed E-state index contributed by atoms with van der Waals surface area (Å²) in [5.41, 5.74) is 1.85. The molecule has 2 aromatic heterocycles. The van der Waals surface area contributed by atoms with Crippen LogP contribution in [0, 0.1) is 0 Å². The lowest BCUT2D eigenvalue weighted by molar-refractivity contribution is -0.115. The minimum absolute atomic E-state index is 0.00340. The SMILES string of the molecule is O=C1CN(C2CCCC2)c2nc(Nc3ccc(N4CCCCC4)cn3)ncc2N1. The number of piperidine rings is 1. The summed E-state index contributed by atoms with van der Waals surface area (Å²) < 4.78 is 0. The summed E-state index contributed by atoms with van der Waals surface area (Å²) in [6, 6.07) is 4.46. The number of carbonyl (C=O) groups is 1. The lowest BCUT2D eigenvalue weighted by atomic mass is 10.1. The summed E-state index contributed by atoms with van der Waals surface area (Å²) in [6.07, 6.45) is 12.1. The average molecular weight is 393 g/mol. The maximum absolute atomic E-state index is 12.1. The van der Waals surface area contributed by atoms with Crippen molar-refractivity contribution in [1.82, 2.24) is 15.0 Å². The highest BCUT2D eigenvalue weighted by molar-refractivity contribution is 6.00. The Kier molecular flexibility index (Phi) is 4.91. The minimum Gasteiger partial charge on any atom is -0.370 e. The topological polar surface area (TPSA) is 86.3 Å². The number of carbonyl (C=O) groups excluding carboxylic acids is 1. The maximum atomic E-state index is 12.1. The number of pyridine rings is 1. The van der Waals surface area contributed by atoms with Gasteiger partial charge in [-0.3, -0.25) is 4.79 Å². The normalized spacial score (nSPS) is 19.8. The lowest BCUT2D eigenvalue weighted by Crippen LogP contribution is -2.44. The number of hydrogen-bond donors (Lipinski definition) is 2. The molecule has 0 spiro atoms. The molecule has 2 fully saturated rings. The number of nitrogens with zero attached hydrogens (tertiary/aromatic N) is 5. The molecule has 1 amide bonds. The molecule has 0 atom stereocenters. The van der Waals surface area contributed by atoms with Gasteiger partial charge in [-0.05, 0) is 44.2 Å². The molecule has 8 heteroatoms. The number of amides is 1. The van der Waals surface area contributed by atoms with Crippen LogP contribution >= 0.6 is 0 Å². The van der Waals surface area contributed by atoms with Gasteiger partial charge in [0.25, 0.3) is 0 Å². The van der Waals surface area contributed by atoms with Crippen LogP contribution in [0.2, 0.25) is 0 Å². The van der Waals surface area contributed by atoms with Gasteiger partial charge in [0.05, 0.1) is 24.6 Å². The van der Waals surface area contributed by atoms with Crippen LogP contribution in [0.5, 0.6) is 0 Å². The smallest absolute Gasteiger partial charge is 0.244 e. The zero-order chi connectivity index (χ0) is 19.6. The van der Waals surface area contributed by atoms with Gasteiger partial charge < -0.3 is 20.4 Å². The molecule has 0 bridgehead atoms. The van der Waals surface area contributed by atoms with Gasteiger partial charge in [-0.25, -0.2) is 9.97 Å². The monoisotopic (exact) mass is 393 g/mol. The molecule has 2 N–H and O–H groups in total. The zero-order valence-electron chi connectivity index (χ0n) is 16.6. The fourth-order valence-corrected chi connectivity index (χ4v) is 4.59. The van der Waals surface area contributed by atoms with Crippen molar-refractivity contribution in [2.45, 2.75) is 51.0 Å². The minimum atomic E-state index is 0.00340. The van der Waals surface area contributed by atoms with Crippen LogP contribution in [0.3, 0.4) is 0 Å². The van der Waals surface area contributed by atoms with E-state index in [0.717, 1.165) is 43.3 Å². The highest BCUT2D eigenvalue weighted by Gasteiger charge is 2.31. The molecule has 3 aliphatic rings. The van der Waals surface area contributed by atoms with Crippen molar-refractivity contribution < 1.29 is 4.79 Å². The summed E-state index contributed by atoms with van der Waals surface area (Å²) in [6.45, 7) is 2.56. The molecule has 0 radical (unpaired) electrons. The van der Waals surface area contributed by atoms with Gasteiger partial charge in [0, 0.05) is 19.1 Å². The molecule has 0 aromatic carbocycles. The number of aromatic nitrogens is 3. The Hall–Kier alpha value is -2.90. The van der Waals surface area contributed by atoms with Gasteiger partial charge in [0.1, 0.15) is 11.5 Å². The van der Waals surface area contributed by atoms with Crippen molar-refractivity contribution in [1.29, 1.82) is 0 Å². The van der Waals surface area contributed by atoms with Gasteiger partial charge >= 0.3 is 0 Å². The molecule has 29 heavy (non-hydrogen) atoms. The van der Waals surface area contributed by atoms with Gasteiger partial charge in [-0.1, -0.05) is 12.8 Å². The largest absolute Gasteiger partial charge is 0.370 e. The van der Waals surface area contributed by atoms with E-state index in [-0.39, 0.29) is 5.91 Å². The van der Waals surface area contributed by atoms with E-state index in [1.807, 2.05) is 12.3 Å². The Bertz CT molecular complexity index is 873. The molecule has 1 aliphatic carbocycles. The first-order chi connectivity index (χ1) is 14.3. The van der Waals surface area contributed by atoms with E-state index in [1.165, 1.54) is 32.1 Å². The van der Waals surface area contributed by atoms with Crippen LogP contribution in [0.1, 0.15) is 44.9 Å². The van der Waals surface area contributed by atoms with E-state index in [9.17, 15) is 4.79 Å². The Labute approximate surface area is 170 Å². The van der Waals surface area contributed by atoms with Gasteiger partial charge in [0.2, 0.25) is 11.9 Å². The van der Waals surface area contributed by atoms with Crippen LogP contribution in [0.15, 0.2) is 24.5 Å². The quantitative estimate of drug-likeness (QED) is 0.824. The van der Waals surface area contributed by atoms with Crippen LogP contribution in [-0.4, -0.2) is 46.5 Å². The molecule has 2 aromatic rings. The predicted molar refractivity (Wildman–Crippen MR) is 114 cm³/mol. The highest BCUT2D eigenvalue weighted by Crippen LogP contribution is 2.34. The Morgan fingerprint density at radius 3 is 2.59 bits per heavy atom. The number of nitrogens with one attached hydrogen (secondary N) is 2. The van der Waals surface area contributed by atoms with E-state index in [2.05, 4.69) is 36.5 Å². The van der Waals surface area contributed by atoms with Crippen LogP contribution in [-0.2, 0) is 4.79 Å². The fourth-order valence-electron chi connectivity index (χ4n) is 4.59. The molecule has 0 unspecified atom stereocenters. The molecular weight excluding hydrogens is 366 g/mol. The number of rotatable bonds is 4. The molecule has 2 aliphatic heterocycles. The Balaban J connectivity index is 1.34. The summed E-state index contributed by atoms with van der Waals surface area (Å²) in [4.78, 5) is 30.3. The number of hydrogen-bond acceptors (Lipinski definition) is 7. The maximum Gasteiger partial charge on any atom is 0.244 e. The fraction of sp³-hybridized carbons (Fsp3) is 0.524. The van der Waals surface area contributed by atoms with Crippen molar-refractivity contribution in [2.75, 3.05) is 40.1 Å². The predicted octanol–water partition coefficient (Wildman–Crippen LogP) is 3.31. The molecule has 4 heterocycles. The van der Waals surface area contributed by atoms with Gasteiger partial charge in [0.15, 0.2) is 5.82 Å². The summed E-state index contributed by atoms with van der Waals surface area (Å²) in [7, 11) is 0. The standard InChI is InChI=1S/C21H27N7O/c29-19-14-28(15-6-2-3-7-15)20-17(24-19)13-23-21(26-20)25-18-9-8-16(12-22-18)27-10-4-1-5-11-27/h8-9,12-13,15H,1-7,10-11,14H2,(H,24,29)(H,22,23,25,26). The second-order valence-electron chi connectivity index (χ2n) is 8.12. The Morgan fingerprint density at radius 2 is 1.83 bits per heavy atom. The van der Waals surface area contributed by atoms with E-state index < -0.39 is 0 Å². The Morgan fingerprint density at radius 1 is 1.00 bits per heavy atom. The molecule has 1 saturated heterocycles. The summed E-state index contributed by atoms with van der Waals surface area (Å²) >= 11 is 0. The van der Waals surface area contributed by atoms with Crippen molar-refractivity contribution in [3.63, 3.8) is 0 Å². The summed E-state index contributed by atoms with van der Waals surface area (Å²) in [5, 5.41) is 6.11. The third-order valence-electron chi connectivity index (χ3n) is 6.10. The molecular formula is C21H27N7O. The molecule has 1 saturated carbocycles. The molecule has 152 valence electrons. The van der Waals surface area contributed by atoms with E-state index in [1.54, 1.807) is 6.20 Å². The van der Waals surface area contributed by atoms with Crippen LogP contribution in [0.4, 0.5) is 29.0 Å². The zero-order valence-corrected chi connectivity index (χ0v) is 16.6. The van der Waals surface area contributed by atoms with Crippen LogP contribution < -0.4 is 20.4 Å². The van der Waals surface area contributed by atoms with Gasteiger partial charge in [-0.2, -0.15) is 4.98 Å². The second-order valence-corrected chi connectivity index (χ2v) is 8.12. The highest BCUT2D eigenvalue weighted by atomic mass is 16.2. The molecule has 5 rings (SSSR count). The average Bonchev–Trinajstić information content (AvgIpc) is 3.29. The van der Waals surface area contributed by atoms with E-state index in [0.29, 0.717) is 24.2 Å². The number of fused-ring (bicyclic) bond motifs is 1. The summed E-state index contributed by atoms with van der Waals surface area (Å²) in [5.74, 6) is 2.03. The first-order valence-electron chi connectivity index (χ1n) is 10.7. The van der Waals surface area contributed by atoms with Crippen molar-refractivity contribution in [3.8, 4) is 0 Å². The first kappa shape index (κ1) is 18.1.